The number of hydrogen-bond acceptors (Lipinski definition) is 3. The van der Waals surface area contributed by atoms with Gasteiger partial charge in [-0.05, 0) is 6.07 Å². The molecule has 0 saturated carbocycles. The lowest BCUT2D eigenvalue weighted by Gasteiger charge is -2.05. The molecular weight excluding hydrogens is 211 g/mol. The SMILES string of the molecule is COC(=O)Cc1ccnc(C(F)F)c1F. The monoisotopic (exact) mass is 219 g/mol. The largest absolute Gasteiger partial charge is 0.469 e. The van der Waals surface area contributed by atoms with Crippen LogP contribution in [0.2, 0.25) is 0 Å². The van der Waals surface area contributed by atoms with Gasteiger partial charge in [0.25, 0.3) is 6.43 Å². The molecule has 1 aromatic heterocycles. The summed E-state index contributed by atoms with van der Waals surface area (Å²) in [5.74, 6) is -1.85. The van der Waals surface area contributed by atoms with Gasteiger partial charge in [0.1, 0.15) is 5.69 Å². The van der Waals surface area contributed by atoms with Gasteiger partial charge in [-0.1, -0.05) is 0 Å². The Bertz CT molecular complexity index is 368. The van der Waals surface area contributed by atoms with E-state index in [1.165, 1.54) is 0 Å². The van der Waals surface area contributed by atoms with Crippen LogP contribution in [0.4, 0.5) is 13.2 Å². The maximum Gasteiger partial charge on any atom is 0.310 e. The standard InChI is InChI=1S/C9H8F3NO2/c1-15-6(14)4-5-2-3-13-8(7(5)10)9(11)12/h2-3,9H,4H2,1H3. The van der Waals surface area contributed by atoms with Crippen LogP contribution in [0.1, 0.15) is 17.7 Å². The van der Waals surface area contributed by atoms with Crippen LogP contribution in [0.3, 0.4) is 0 Å². The molecule has 3 nitrogen and oxygen atoms in total. The lowest BCUT2D eigenvalue weighted by Crippen LogP contribution is -2.08. The summed E-state index contributed by atoms with van der Waals surface area (Å²) in [5, 5.41) is 0. The number of methoxy groups -OCH3 is 1. The highest BCUT2D eigenvalue weighted by atomic mass is 19.3. The quantitative estimate of drug-likeness (QED) is 0.728. The summed E-state index contributed by atoms with van der Waals surface area (Å²) in [5.41, 5.74) is -1.09. The number of halogens is 3. The Labute approximate surface area is 83.9 Å². The number of nitrogens with zero attached hydrogens (tertiary/aromatic N) is 1. The highest BCUT2D eigenvalue weighted by molar-refractivity contribution is 5.72. The second-order valence-corrected chi connectivity index (χ2v) is 2.72. The first-order valence-corrected chi connectivity index (χ1v) is 4.04. The second-order valence-electron chi connectivity index (χ2n) is 2.72. The van der Waals surface area contributed by atoms with Gasteiger partial charge in [0, 0.05) is 11.8 Å². The van der Waals surface area contributed by atoms with Gasteiger partial charge in [0.05, 0.1) is 13.5 Å². The van der Waals surface area contributed by atoms with Crippen molar-refractivity contribution in [2.75, 3.05) is 7.11 Å². The average Bonchev–Trinajstić information content (AvgIpc) is 2.20. The number of rotatable bonds is 3. The topological polar surface area (TPSA) is 39.2 Å². The molecule has 0 aromatic carbocycles. The van der Waals surface area contributed by atoms with E-state index in [0.717, 1.165) is 19.4 Å². The van der Waals surface area contributed by atoms with E-state index in [1.807, 2.05) is 0 Å². The van der Waals surface area contributed by atoms with Gasteiger partial charge in [0.15, 0.2) is 5.82 Å². The van der Waals surface area contributed by atoms with Crippen LogP contribution in [-0.4, -0.2) is 18.1 Å². The molecular formula is C9H8F3NO2. The van der Waals surface area contributed by atoms with E-state index >= 15 is 0 Å². The number of hydrogen-bond donors (Lipinski definition) is 0. The molecule has 1 heterocycles. The molecule has 0 radical (unpaired) electrons. The van der Waals surface area contributed by atoms with Crippen molar-refractivity contribution in [2.24, 2.45) is 0 Å². The number of esters is 1. The molecule has 1 rings (SSSR count). The Kier molecular flexibility index (Phi) is 3.65. The lowest BCUT2D eigenvalue weighted by atomic mass is 10.1. The smallest absolute Gasteiger partial charge is 0.310 e. The van der Waals surface area contributed by atoms with E-state index in [-0.39, 0.29) is 12.0 Å². The molecule has 0 amide bonds. The van der Waals surface area contributed by atoms with Crippen molar-refractivity contribution >= 4 is 5.97 Å². The van der Waals surface area contributed by atoms with Gasteiger partial charge in [-0.2, -0.15) is 0 Å². The Hall–Kier alpha value is -1.59. The van der Waals surface area contributed by atoms with Crippen molar-refractivity contribution in [1.82, 2.24) is 4.98 Å². The summed E-state index contributed by atoms with van der Waals surface area (Å²) in [6.07, 6.45) is -2.35. The molecule has 0 aliphatic heterocycles. The summed E-state index contributed by atoms with van der Waals surface area (Å²) >= 11 is 0. The molecule has 0 aliphatic rings. The molecule has 0 atom stereocenters. The van der Waals surface area contributed by atoms with E-state index < -0.39 is 23.9 Å². The molecule has 0 aliphatic carbocycles. The Morgan fingerprint density at radius 1 is 1.60 bits per heavy atom. The third kappa shape index (κ3) is 2.68. The number of alkyl halides is 2. The third-order valence-corrected chi connectivity index (χ3v) is 1.77. The molecule has 0 fully saturated rings. The van der Waals surface area contributed by atoms with Crippen molar-refractivity contribution < 1.29 is 22.7 Å². The zero-order valence-electron chi connectivity index (χ0n) is 7.84. The van der Waals surface area contributed by atoms with Crippen LogP contribution in [0.15, 0.2) is 12.3 Å². The number of ether oxygens (including phenoxy) is 1. The fourth-order valence-electron chi connectivity index (χ4n) is 1.02. The number of carbonyl (C=O) groups excluding carboxylic acids is 1. The number of aromatic nitrogens is 1. The van der Waals surface area contributed by atoms with Crippen molar-refractivity contribution in [3.63, 3.8) is 0 Å². The van der Waals surface area contributed by atoms with E-state index in [4.69, 9.17) is 0 Å². The minimum atomic E-state index is -3.00. The summed E-state index contributed by atoms with van der Waals surface area (Å²) in [6.45, 7) is 0. The van der Waals surface area contributed by atoms with Crippen molar-refractivity contribution in [3.05, 3.63) is 29.3 Å². The van der Waals surface area contributed by atoms with Gasteiger partial charge in [-0.3, -0.25) is 9.78 Å². The Morgan fingerprint density at radius 3 is 2.80 bits per heavy atom. The molecule has 6 heteroatoms. The van der Waals surface area contributed by atoms with Gasteiger partial charge in [-0.25, -0.2) is 13.2 Å². The maximum atomic E-state index is 13.3. The summed E-state index contributed by atoms with van der Waals surface area (Å²) in [4.78, 5) is 14.0. The first kappa shape index (κ1) is 11.5. The minimum absolute atomic E-state index is 0.146. The highest BCUT2D eigenvalue weighted by Gasteiger charge is 2.19. The predicted molar refractivity (Wildman–Crippen MR) is 44.9 cm³/mol. The Balaban J connectivity index is 2.99. The predicted octanol–water partition coefficient (Wildman–Crippen LogP) is 1.87. The Morgan fingerprint density at radius 2 is 2.27 bits per heavy atom. The molecule has 0 unspecified atom stereocenters. The van der Waals surface area contributed by atoms with E-state index in [2.05, 4.69) is 9.72 Å². The van der Waals surface area contributed by atoms with Crippen molar-refractivity contribution in [2.45, 2.75) is 12.8 Å². The first-order chi connectivity index (χ1) is 7.06. The summed E-state index contributed by atoms with van der Waals surface area (Å²) in [7, 11) is 1.13. The molecule has 1 aromatic rings. The van der Waals surface area contributed by atoms with Crippen LogP contribution in [-0.2, 0) is 16.0 Å². The first-order valence-electron chi connectivity index (χ1n) is 4.04. The fourth-order valence-corrected chi connectivity index (χ4v) is 1.02. The fraction of sp³-hybridized carbons (Fsp3) is 0.333. The van der Waals surface area contributed by atoms with Gasteiger partial charge in [0.2, 0.25) is 0 Å². The zero-order chi connectivity index (χ0) is 11.4. The van der Waals surface area contributed by atoms with Crippen LogP contribution >= 0.6 is 0 Å². The molecule has 0 spiro atoms. The van der Waals surface area contributed by atoms with Crippen LogP contribution in [0.5, 0.6) is 0 Å². The molecule has 82 valence electrons. The van der Waals surface area contributed by atoms with Gasteiger partial charge in [-0.15, -0.1) is 0 Å². The number of pyridine rings is 1. The molecule has 0 saturated heterocycles. The second kappa shape index (κ2) is 4.77. The minimum Gasteiger partial charge on any atom is -0.469 e. The van der Waals surface area contributed by atoms with Crippen molar-refractivity contribution in [1.29, 1.82) is 0 Å². The normalized spacial score (nSPS) is 10.5. The molecule has 0 bridgehead atoms. The average molecular weight is 219 g/mol. The van der Waals surface area contributed by atoms with Gasteiger partial charge >= 0.3 is 5.97 Å². The van der Waals surface area contributed by atoms with Crippen LogP contribution < -0.4 is 0 Å². The van der Waals surface area contributed by atoms with Crippen molar-refractivity contribution in [3.8, 4) is 0 Å². The lowest BCUT2D eigenvalue weighted by molar-refractivity contribution is -0.139. The summed E-state index contributed by atoms with van der Waals surface area (Å²) < 4.78 is 42.0. The maximum absolute atomic E-state index is 13.3. The molecule has 0 N–H and O–H groups in total. The van der Waals surface area contributed by atoms with Crippen LogP contribution in [0.25, 0.3) is 0 Å². The van der Waals surface area contributed by atoms with E-state index in [0.29, 0.717) is 0 Å². The number of carbonyl (C=O) groups is 1. The van der Waals surface area contributed by atoms with E-state index in [9.17, 15) is 18.0 Å². The summed E-state index contributed by atoms with van der Waals surface area (Å²) in [6, 6.07) is 1.16. The molecule has 15 heavy (non-hydrogen) atoms. The highest BCUT2D eigenvalue weighted by Crippen LogP contribution is 2.21. The van der Waals surface area contributed by atoms with Crippen LogP contribution in [0, 0.1) is 5.82 Å². The van der Waals surface area contributed by atoms with Gasteiger partial charge < -0.3 is 4.74 Å². The zero-order valence-corrected chi connectivity index (χ0v) is 7.84. The van der Waals surface area contributed by atoms with E-state index in [1.54, 1.807) is 0 Å². The third-order valence-electron chi connectivity index (χ3n) is 1.77.